The first-order valence-electron chi connectivity index (χ1n) is 5.25. The van der Waals surface area contributed by atoms with Crippen molar-refractivity contribution in [2.24, 2.45) is 0 Å². The second-order valence-corrected chi connectivity index (χ2v) is 4.65. The highest BCUT2D eigenvalue weighted by Crippen LogP contribution is 2.41. The number of benzene rings is 1. The molecule has 1 aliphatic heterocycles. The summed E-state index contributed by atoms with van der Waals surface area (Å²) < 4.78 is 0. The lowest BCUT2D eigenvalue weighted by molar-refractivity contribution is 1.04. The predicted octanol–water partition coefficient (Wildman–Crippen LogP) is 3.49. The first kappa shape index (κ1) is 9.66. The van der Waals surface area contributed by atoms with Gasteiger partial charge in [-0.1, -0.05) is 24.8 Å². The van der Waals surface area contributed by atoms with Gasteiger partial charge in [-0.25, -0.2) is 9.97 Å². The van der Waals surface area contributed by atoms with E-state index in [2.05, 4.69) is 40.4 Å². The molecule has 3 nitrogen and oxygen atoms in total. The second-order valence-electron chi connectivity index (χ2n) is 3.62. The number of nitrogens with zero attached hydrogens (tertiary/aromatic N) is 2. The molecule has 0 aliphatic carbocycles. The highest BCUT2D eigenvalue weighted by molar-refractivity contribution is 7.99. The van der Waals surface area contributed by atoms with Crippen molar-refractivity contribution in [2.45, 2.75) is 23.3 Å². The summed E-state index contributed by atoms with van der Waals surface area (Å²) in [6.07, 6.45) is 4.48. The molecule has 82 valence electrons. The summed E-state index contributed by atoms with van der Waals surface area (Å²) in [5.74, 6) is 0.855. The minimum Gasteiger partial charge on any atom is -0.337 e. The second kappa shape index (κ2) is 3.79. The SMILES string of the molecule is CCc1ccc2c(c1)Nc1nccnc1S2.[HH]. The number of fused-ring (bicyclic) bond motifs is 2. The molecule has 3 rings (SSSR count). The minimum absolute atomic E-state index is 0. The summed E-state index contributed by atoms with van der Waals surface area (Å²) in [5, 5.41) is 4.26. The van der Waals surface area contributed by atoms with Gasteiger partial charge >= 0.3 is 0 Å². The Morgan fingerprint density at radius 3 is 3.06 bits per heavy atom. The molecule has 0 atom stereocenters. The van der Waals surface area contributed by atoms with Crippen molar-refractivity contribution < 1.29 is 1.43 Å². The Morgan fingerprint density at radius 1 is 1.31 bits per heavy atom. The Hall–Kier alpha value is -1.55. The summed E-state index contributed by atoms with van der Waals surface area (Å²) in [6, 6.07) is 6.48. The van der Waals surface area contributed by atoms with Crippen LogP contribution in [0.1, 0.15) is 13.9 Å². The highest BCUT2D eigenvalue weighted by Gasteiger charge is 2.17. The van der Waals surface area contributed by atoms with E-state index in [9.17, 15) is 0 Å². The van der Waals surface area contributed by atoms with Crippen LogP contribution in [0, 0.1) is 0 Å². The van der Waals surface area contributed by atoms with Gasteiger partial charge in [0.2, 0.25) is 0 Å². The van der Waals surface area contributed by atoms with Crippen molar-refractivity contribution >= 4 is 23.3 Å². The van der Waals surface area contributed by atoms with Crippen LogP contribution in [-0.2, 0) is 6.42 Å². The summed E-state index contributed by atoms with van der Waals surface area (Å²) in [5.41, 5.74) is 2.47. The Bertz CT molecular complexity index is 545. The molecular weight excluding hydrogens is 218 g/mol. The molecule has 16 heavy (non-hydrogen) atoms. The number of hydrogen-bond donors (Lipinski definition) is 1. The number of hydrogen-bond acceptors (Lipinski definition) is 4. The fourth-order valence-electron chi connectivity index (χ4n) is 1.70. The van der Waals surface area contributed by atoms with Gasteiger partial charge in [0.05, 0.1) is 5.69 Å². The van der Waals surface area contributed by atoms with Crippen molar-refractivity contribution in [3.63, 3.8) is 0 Å². The van der Waals surface area contributed by atoms with Gasteiger partial charge in [0.15, 0.2) is 5.82 Å². The van der Waals surface area contributed by atoms with Crippen LogP contribution in [-0.4, -0.2) is 9.97 Å². The van der Waals surface area contributed by atoms with E-state index in [0.29, 0.717) is 0 Å². The molecular formula is C12H13N3S. The van der Waals surface area contributed by atoms with Crippen molar-refractivity contribution in [3.05, 3.63) is 36.2 Å². The maximum Gasteiger partial charge on any atom is 0.163 e. The van der Waals surface area contributed by atoms with E-state index in [4.69, 9.17) is 0 Å². The lowest BCUT2D eigenvalue weighted by atomic mass is 10.1. The molecule has 2 heterocycles. The molecule has 1 N–H and O–H groups in total. The predicted molar refractivity (Wildman–Crippen MR) is 67.4 cm³/mol. The normalized spacial score (nSPS) is 12.6. The topological polar surface area (TPSA) is 37.8 Å². The largest absolute Gasteiger partial charge is 0.337 e. The van der Waals surface area contributed by atoms with E-state index in [1.54, 1.807) is 24.2 Å². The Labute approximate surface area is 99.8 Å². The lowest BCUT2D eigenvalue weighted by Gasteiger charge is -2.19. The first-order valence-corrected chi connectivity index (χ1v) is 6.07. The van der Waals surface area contributed by atoms with Gasteiger partial charge in [-0.05, 0) is 24.1 Å². The van der Waals surface area contributed by atoms with Gasteiger partial charge in [0.25, 0.3) is 0 Å². The van der Waals surface area contributed by atoms with Crippen LogP contribution in [0.2, 0.25) is 0 Å². The Morgan fingerprint density at radius 2 is 2.19 bits per heavy atom. The van der Waals surface area contributed by atoms with Crippen LogP contribution >= 0.6 is 11.8 Å². The van der Waals surface area contributed by atoms with Crippen molar-refractivity contribution in [3.8, 4) is 0 Å². The smallest absolute Gasteiger partial charge is 0.163 e. The highest BCUT2D eigenvalue weighted by atomic mass is 32.2. The van der Waals surface area contributed by atoms with Crippen molar-refractivity contribution in [1.29, 1.82) is 0 Å². The van der Waals surface area contributed by atoms with Gasteiger partial charge in [-0.3, -0.25) is 0 Å². The number of aryl methyl sites for hydroxylation is 1. The number of aromatic nitrogens is 2. The molecule has 0 unspecified atom stereocenters. The standard InChI is InChI=1S/C12H11N3S.H2/c1-2-8-3-4-10-9(7-8)15-11-12(16-10)14-6-5-13-11;/h3-7H,2H2,1H3,(H,13,15);1H. The Kier molecular flexibility index (Phi) is 2.29. The summed E-state index contributed by atoms with van der Waals surface area (Å²) in [7, 11) is 0. The maximum absolute atomic E-state index is 4.30. The summed E-state index contributed by atoms with van der Waals surface area (Å²) in [4.78, 5) is 9.79. The van der Waals surface area contributed by atoms with Crippen LogP contribution in [0.25, 0.3) is 0 Å². The molecule has 1 aliphatic rings. The van der Waals surface area contributed by atoms with Gasteiger partial charge in [-0.15, -0.1) is 0 Å². The van der Waals surface area contributed by atoms with E-state index in [0.717, 1.165) is 23.0 Å². The molecule has 0 spiro atoms. The third kappa shape index (κ3) is 1.55. The van der Waals surface area contributed by atoms with Gasteiger partial charge < -0.3 is 5.32 Å². The number of rotatable bonds is 1. The summed E-state index contributed by atoms with van der Waals surface area (Å²) >= 11 is 1.67. The Balaban J connectivity index is 0.00000108. The molecule has 0 bridgehead atoms. The van der Waals surface area contributed by atoms with Crippen LogP contribution in [0.5, 0.6) is 0 Å². The molecule has 1 aromatic carbocycles. The van der Waals surface area contributed by atoms with Crippen LogP contribution < -0.4 is 5.32 Å². The zero-order valence-corrected chi connectivity index (χ0v) is 9.71. The van der Waals surface area contributed by atoms with E-state index in [1.165, 1.54) is 10.5 Å². The monoisotopic (exact) mass is 231 g/mol. The van der Waals surface area contributed by atoms with Crippen molar-refractivity contribution in [1.82, 2.24) is 9.97 Å². The van der Waals surface area contributed by atoms with Crippen LogP contribution in [0.4, 0.5) is 11.5 Å². The molecule has 0 saturated heterocycles. The molecule has 2 aromatic rings. The average Bonchev–Trinajstić information content (AvgIpc) is 2.35. The lowest BCUT2D eigenvalue weighted by Crippen LogP contribution is -2.03. The average molecular weight is 231 g/mol. The van der Waals surface area contributed by atoms with Crippen LogP contribution in [0.15, 0.2) is 40.5 Å². The fourth-order valence-corrected chi connectivity index (χ4v) is 2.58. The third-order valence-electron chi connectivity index (χ3n) is 2.58. The van der Waals surface area contributed by atoms with E-state index in [1.807, 2.05) is 0 Å². The third-order valence-corrected chi connectivity index (χ3v) is 3.64. The van der Waals surface area contributed by atoms with Crippen molar-refractivity contribution in [2.75, 3.05) is 5.32 Å². The van der Waals surface area contributed by atoms with E-state index >= 15 is 0 Å². The number of anilines is 2. The van der Waals surface area contributed by atoms with E-state index < -0.39 is 0 Å². The minimum atomic E-state index is 0. The molecule has 1 aromatic heterocycles. The zero-order valence-electron chi connectivity index (χ0n) is 8.90. The molecule has 0 fully saturated rings. The fraction of sp³-hybridized carbons (Fsp3) is 0.167. The van der Waals surface area contributed by atoms with Gasteiger partial charge in [0.1, 0.15) is 5.03 Å². The molecule has 4 heteroatoms. The summed E-state index contributed by atoms with van der Waals surface area (Å²) in [6.45, 7) is 2.16. The molecule has 0 saturated carbocycles. The van der Waals surface area contributed by atoms with Crippen LogP contribution in [0.3, 0.4) is 0 Å². The zero-order chi connectivity index (χ0) is 11.0. The molecule has 0 amide bonds. The number of nitrogens with one attached hydrogen (secondary N) is 1. The maximum atomic E-state index is 4.30. The van der Waals surface area contributed by atoms with Gasteiger partial charge in [0, 0.05) is 18.7 Å². The van der Waals surface area contributed by atoms with Gasteiger partial charge in [-0.2, -0.15) is 0 Å². The quantitative estimate of drug-likeness (QED) is 0.695. The molecule has 0 radical (unpaired) electrons. The first-order chi connectivity index (χ1) is 7.86. The van der Waals surface area contributed by atoms with E-state index in [-0.39, 0.29) is 1.43 Å².